The number of aliphatic hydroxyl groups excluding tert-OH is 1. The van der Waals surface area contributed by atoms with E-state index in [1.54, 1.807) is 29.3 Å². The Kier molecular flexibility index (Phi) is 9.06. The summed E-state index contributed by atoms with van der Waals surface area (Å²) in [4.78, 5) is 15.0. The van der Waals surface area contributed by atoms with Crippen molar-refractivity contribution in [1.82, 2.24) is 5.01 Å². The first-order valence-corrected chi connectivity index (χ1v) is 9.19. The average Bonchev–Trinajstić information content (AvgIpc) is 3.54. The molecule has 0 radical (unpaired) electrons. The van der Waals surface area contributed by atoms with Crippen molar-refractivity contribution in [3.8, 4) is 0 Å². The Morgan fingerprint density at radius 2 is 1.92 bits per heavy atom. The zero-order valence-electron chi connectivity index (χ0n) is 16.1. The molecule has 0 unspecified atom stereocenters. The third kappa shape index (κ3) is 5.69. The summed E-state index contributed by atoms with van der Waals surface area (Å²) in [5, 5.41) is 16.0. The summed E-state index contributed by atoms with van der Waals surface area (Å²) in [6.45, 7) is 11.9. The Hall–Kier alpha value is -2.69. The van der Waals surface area contributed by atoms with Crippen molar-refractivity contribution in [2.24, 2.45) is 16.0 Å². The highest BCUT2D eigenvalue weighted by molar-refractivity contribution is 5.90. The lowest BCUT2D eigenvalue weighted by Gasteiger charge is -2.25. The van der Waals surface area contributed by atoms with Crippen LogP contribution in [0.5, 0.6) is 0 Å². The first-order valence-electron chi connectivity index (χ1n) is 9.19. The molecule has 1 aliphatic carbocycles. The molecule has 140 valence electrons. The van der Waals surface area contributed by atoms with E-state index in [1.165, 1.54) is 0 Å². The zero-order chi connectivity index (χ0) is 19.5. The topological polar surface area (TPSA) is 65.3 Å². The summed E-state index contributed by atoms with van der Waals surface area (Å²) in [5.41, 5.74) is 2.30. The van der Waals surface area contributed by atoms with Crippen molar-refractivity contribution >= 4 is 24.5 Å². The maximum atomic E-state index is 11.0. The van der Waals surface area contributed by atoms with E-state index in [2.05, 4.69) is 16.8 Å². The number of carbonyl (C=O) groups is 1. The highest BCUT2D eigenvalue weighted by Crippen LogP contribution is 2.33. The van der Waals surface area contributed by atoms with E-state index in [9.17, 15) is 9.90 Å². The van der Waals surface area contributed by atoms with E-state index in [1.807, 2.05) is 39.8 Å². The number of rotatable bonds is 4. The van der Waals surface area contributed by atoms with Crippen molar-refractivity contribution in [1.29, 1.82) is 0 Å². The molecule has 0 aromatic heterocycles. The highest BCUT2D eigenvalue weighted by atomic mass is 16.3. The van der Waals surface area contributed by atoms with Crippen molar-refractivity contribution in [3.05, 3.63) is 53.3 Å². The zero-order valence-corrected chi connectivity index (χ0v) is 16.1. The largest absolute Gasteiger partial charge is 0.510 e. The summed E-state index contributed by atoms with van der Waals surface area (Å²) < 4.78 is 0. The Morgan fingerprint density at radius 3 is 2.50 bits per heavy atom. The molecular formula is C21H29N3O2. The summed E-state index contributed by atoms with van der Waals surface area (Å²) in [6.07, 6.45) is 6.40. The number of amidine groups is 1. The van der Waals surface area contributed by atoms with Gasteiger partial charge in [-0.3, -0.25) is 9.80 Å². The Balaban J connectivity index is 0.000000791. The lowest BCUT2D eigenvalue weighted by atomic mass is 10.1. The van der Waals surface area contributed by atoms with Gasteiger partial charge in [-0.05, 0) is 37.8 Å². The number of hydrazone groups is 1. The van der Waals surface area contributed by atoms with Crippen LogP contribution in [-0.4, -0.2) is 35.5 Å². The van der Waals surface area contributed by atoms with Gasteiger partial charge in [-0.15, -0.1) is 0 Å². The summed E-state index contributed by atoms with van der Waals surface area (Å²) >= 11 is 0. The molecule has 1 fully saturated rings. The molecule has 1 aromatic rings. The van der Waals surface area contributed by atoms with Gasteiger partial charge in [0.05, 0.1) is 12.2 Å². The summed E-state index contributed by atoms with van der Waals surface area (Å²) in [6, 6.07) is 7.29. The number of hydrogen-bond donors (Lipinski definition) is 1. The summed E-state index contributed by atoms with van der Waals surface area (Å²) in [7, 11) is 0. The van der Waals surface area contributed by atoms with Crippen LogP contribution < -0.4 is 0 Å². The lowest BCUT2D eigenvalue weighted by Crippen LogP contribution is -2.23. The fourth-order valence-electron chi connectivity index (χ4n) is 2.37. The van der Waals surface area contributed by atoms with E-state index < -0.39 is 0 Å². The van der Waals surface area contributed by atoms with Crippen LogP contribution in [0, 0.1) is 5.92 Å². The van der Waals surface area contributed by atoms with Gasteiger partial charge in [-0.25, -0.2) is 4.99 Å². The van der Waals surface area contributed by atoms with Gasteiger partial charge in [0.15, 0.2) is 5.84 Å². The highest BCUT2D eigenvalue weighted by Gasteiger charge is 2.28. The van der Waals surface area contributed by atoms with Gasteiger partial charge in [0.2, 0.25) is 0 Å². The predicted octanol–water partition coefficient (Wildman–Crippen LogP) is 5.07. The molecule has 1 N–H and O–H groups in total. The number of aliphatic hydroxyl groups is 1. The van der Waals surface area contributed by atoms with E-state index in [-0.39, 0.29) is 12.3 Å². The number of aliphatic imine (C=N–C) groups is 1. The van der Waals surface area contributed by atoms with Crippen LogP contribution in [0.2, 0.25) is 0 Å². The molecule has 0 saturated heterocycles. The fraction of sp³-hybridized carbons (Fsp3) is 0.381. The van der Waals surface area contributed by atoms with Crippen molar-refractivity contribution in [2.45, 2.75) is 40.5 Å². The molecule has 3 rings (SSSR count). The molecule has 1 heterocycles. The van der Waals surface area contributed by atoms with Crippen LogP contribution in [0.4, 0.5) is 0 Å². The number of allylic oxidation sites excluding steroid dienone is 2. The molecule has 1 aliphatic heterocycles. The second-order valence-electron chi connectivity index (χ2n) is 5.40. The molecule has 5 heteroatoms. The standard InChI is InChI=1S/C17H17N3O2.2C2H6/c1-18-17(13-5-6-13)19-20-10-15(22)7-8-16(20)14-4-2-3-12(9-14)11-21;2*1-2/h2-4,7-9,11,13,22H,1,5-6,10H2;2*1-2H3/b19-17-;;. The Labute approximate surface area is 156 Å². The van der Waals surface area contributed by atoms with Gasteiger partial charge < -0.3 is 5.11 Å². The van der Waals surface area contributed by atoms with Crippen LogP contribution in [0.1, 0.15) is 56.5 Å². The third-order valence-corrected chi connectivity index (χ3v) is 3.67. The quantitative estimate of drug-likeness (QED) is 0.465. The molecule has 0 amide bonds. The number of hydrogen-bond acceptors (Lipinski definition) is 4. The SMILES string of the molecule is C=N/C(=N\N1CC(O)=CC=C1c1cccc(C=O)c1)C1CC1.CC.CC. The molecule has 2 aliphatic rings. The third-order valence-electron chi connectivity index (χ3n) is 3.67. The van der Waals surface area contributed by atoms with Crippen LogP contribution in [0.15, 0.2) is 52.3 Å². The van der Waals surface area contributed by atoms with Gasteiger partial charge in [0.25, 0.3) is 0 Å². The number of carbonyl (C=O) groups excluding carboxylic acids is 1. The van der Waals surface area contributed by atoms with E-state index in [0.29, 0.717) is 17.3 Å². The minimum atomic E-state index is 0.234. The molecule has 5 nitrogen and oxygen atoms in total. The number of aldehydes is 1. The molecule has 1 saturated carbocycles. The van der Waals surface area contributed by atoms with Gasteiger partial charge in [0, 0.05) is 17.0 Å². The maximum absolute atomic E-state index is 11.0. The Morgan fingerprint density at radius 1 is 1.23 bits per heavy atom. The molecule has 0 bridgehead atoms. The normalized spacial score (nSPS) is 16.2. The van der Waals surface area contributed by atoms with Gasteiger partial charge in [0.1, 0.15) is 12.0 Å². The maximum Gasteiger partial charge on any atom is 0.151 e. The van der Waals surface area contributed by atoms with Crippen molar-refractivity contribution in [2.75, 3.05) is 6.54 Å². The average molecular weight is 355 g/mol. The first kappa shape index (κ1) is 21.4. The van der Waals surface area contributed by atoms with Gasteiger partial charge in [-0.1, -0.05) is 45.9 Å². The summed E-state index contributed by atoms with van der Waals surface area (Å²) in [5.74, 6) is 1.30. The van der Waals surface area contributed by atoms with Gasteiger partial charge in [-0.2, -0.15) is 5.10 Å². The number of benzene rings is 1. The Bertz CT molecular complexity index is 701. The van der Waals surface area contributed by atoms with Crippen molar-refractivity contribution in [3.63, 3.8) is 0 Å². The first-order chi connectivity index (χ1) is 12.7. The van der Waals surface area contributed by atoms with Crippen LogP contribution >= 0.6 is 0 Å². The van der Waals surface area contributed by atoms with E-state index in [0.717, 1.165) is 30.4 Å². The monoisotopic (exact) mass is 355 g/mol. The minimum Gasteiger partial charge on any atom is -0.510 e. The van der Waals surface area contributed by atoms with Crippen LogP contribution in [0.25, 0.3) is 5.70 Å². The smallest absolute Gasteiger partial charge is 0.151 e. The van der Waals surface area contributed by atoms with E-state index in [4.69, 9.17) is 0 Å². The second-order valence-corrected chi connectivity index (χ2v) is 5.40. The molecular weight excluding hydrogens is 326 g/mol. The molecule has 0 spiro atoms. The molecule has 26 heavy (non-hydrogen) atoms. The molecule has 0 atom stereocenters. The molecule has 1 aromatic carbocycles. The minimum absolute atomic E-state index is 0.234. The van der Waals surface area contributed by atoms with Crippen LogP contribution in [-0.2, 0) is 0 Å². The second kappa shape index (κ2) is 11.0. The lowest BCUT2D eigenvalue weighted by molar-refractivity contribution is 0.112. The predicted molar refractivity (Wildman–Crippen MR) is 110 cm³/mol. The van der Waals surface area contributed by atoms with E-state index >= 15 is 0 Å². The van der Waals surface area contributed by atoms with Crippen LogP contribution in [0.3, 0.4) is 0 Å². The fourth-order valence-corrected chi connectivity index (χ4v) is 2.37. The van der Waals surface area contributed by atoms with Gasteiger partial charge >= 0.3 is 0 Å². The number of nitrogens with zero attached hydrogens (tertiary/aromatic N) is 3. The van der Waals surface area contributed by atoms with Crippen molar-refractivity contribution < 1.29 is 9.90 Å².